The van der Waals surface area contributed by atoms with Crippen molar-refractivity contribution in [3.8, 4) is 0 Å². The molecule has 2 heterocycles. The van der Waals surface area contributed by atoms with Gasteiger partial charge in [0.15, 0.2) is 5.96 Å². The number of rotatable bonds is 5. The summed E-state index contributed by atoms with van der Waals surface area (Å²) < 4.78 is 61.2. The number of aliphatic imine (C=N–C) groups is 1. The second kappa shape index (κ2) is 10.2. The van der Waals surface area contributed by atoms with E-state index in [1.807, 2.05) is 13.8 Å². The minimum absolute atomic E-state index is 0. The fourth-order valence-electron chi connectivity index (χ4n) is 2.53. The van der Waals surface area contributed by atoms with Crippen LogP contribution in [0.4, 0.5) is 13.2 Å². The standard InChI is InChI=1S/C14H22F3N5O2S2.HI/c1-3-18-13(19-8-12-10(2)20-9-25-12)21-11-4-6-22(7-5-11)26(23,24)14(15,16)17;/h9,11H,3-8H2,1-2H3,(H2,18,19,21);1H. The first kappa shape index (κ1) is 24.4. The number of aryl methyl sites for hydroxylation is 1. The van der Waals surface area contributed by atoms with Gasteiger partial charge in [-0.15, -0.1) is 35.3 Å². The van der Waals surface area contributed by atoms with E-state index < -0.39 is 15.5 Å². The summed E-state index contributed by atoms with van der Waals surface area (Å²) in [5.41, 5.74) is -2.59. The number of alkyl halides is 3. The van der Waals surface area contributed by atoms with Crippen molar-refractivity contribution in [1.82, 2.24) is 19.9 Å². The summed E-state index contributed by atoms with van der Waals surface area (Å²) in [4.78, 5) is 9.67. The first-order valence-electron chi connectivity index (χ1n) is 8.15. The molecule has 1 aromatic heterocycles. The van der Waals surface area contributed by atoms with Gasteiger partial charge in [0.25, 0.3) is 0 Å². The summed E-state index contributed by atoms with van der Waals surface area (Å²) in [5, 5.41) is 6.26. The molecule has 2 rings (SSSR count). The highest BCUT2D eigenvalue weighted by Gasteiger charge is 2.50. The predicted octanol–water partition coefficient (Wildman–Crippen LogP) is 2.44. The monoisotopic (exact) mass is 541 g/mol. The lowest BCUT2D eigenvalue weighted by Crippen LogP contribution is -2.51. The lowest BCUT2D eigenvalue weighted by Gasteiger charge is -2.32. The predicted molar refractivity (Wildman–Crippen MR) is 110 cm³/mol. The third-order valence-electron chi connectivity index (χ3n) is 4.00. The van der Waals surface area contributed by atoms with E-state index >= 15 is 0 Å². The number of sulfonamides is 1. The second-order valence-corrected chi connectivity index (χ2v) is 8.69. The summed E-state index contributed by atoms with van der Waals surface area (Å²) in [7, 11) is -5.25. The van der Waals surface area contributed by atoms with Crippen LogP contribution in [0.5, 0.6) is 0 Å². The van der Waals surface area contributed by atoms with Crippen molar-refractivity contribution in [2.75, 3.05) is 19.6 Å². The number of nitrogens with one attached hydrogen (secondary N) is 2. The van der Waals surface area contributed by atoms with Gasteiger partial charge in [-0.1, -0.05) is 0 Å². The Morgan fingerprint density at radius 3 is 2.52 bits per heavy atom. The minimum Gasteiger partial charge on any atom is -0.357 e. The molecule has 1 aliphatic rings. The van der Waals surface area contributed by atoms with Crippen LogP contribution in [0.15, 0.2) is 10.5 Å². The Morgan fingerprint density at radius 2 is 2.04 bits per heavy atom. The molecule has 27 heavy (non-hydrogen) atoms. The fourth-order valence-corrected chi connectivity index (χ4v) is 4.21. The minimum atomic E-state index is -5.25. The normalized spacial score (nSPS) is 17.4. The van der Waals surface area contributed by atoms with E-state index in [1.165, 1.54) is 11.3 Å². The smallest absolute Gasteiger partial charge is 0.357 e. The lowest BCUT2D eigenvalue weighted by molar-refractivity contribution is -0.0494. The van der Waals surface area contributed by atoms with Crippen molar-refractivity contribution in [2.24, 2.45) is 4.99 Å². The number of hydrogen-bond donors (Lipinski definition) is 2. The molecule has 0 atom stereocenters. The van der Waals surface area contributed by atoms with Crippen LogP contribution in [0.25, 0.3) is 0 Å². The Kier molecular flexibility index (Phi) is 9.21. The quantitative estimate of drug-likeness (QED) is 0.340. The van der Waals surface area contributed by atoms with Crippen LogP contribution in [0, 0.1) is 6.92 Å². The highest BCUT2D eigenvalue weighted by atomic mass is 127. The third-order valence-corrected chi connectivity index (χ3v) is 6.55. The van der Waals surface area contributed by atoms with E-state index in [-0.39, 0.29) is 55.9 Å². The summed E-state index contributed by atoms with van der Waals surface area (Å²) in [6.07, 6.45) is 0.554. The number of nitrogens with zero attached hydrogens (tertiary/aromatic N) is 3. The number of halogens is 4. The number of aromatic nitrogens is 1. The summed E-state index contributed by atoms with van der Waals surface area (Å²) in [6.45, 7) is 4.55. The van der Waals surface area contributed by atoms with Gasteiger partial charge in [-0.3, -0.25) is 0 Å². The van der Waals surface area contributed by atoms with E-state index in [0.717, 1.165) is 10.6 Å². The van der Waals surface area contributed by atoms with Gasteiger partial charge in [0.05, 0.1) is 17.7 Å². The van der Waals surface area contributed by atoms with Gasteiger partial charge in [-0.2, -0.15) is 17.5 Å². The zero-order valence-corrected chi connectivity index (χ0v) is 18.9. The summed E-state index contributed by atoms with van der Waals surface area (Å²) in [5.74, 6) is 0.553. The molecule has 7 nitrogen and oxygen atoms in total. The molecule has 1 aromatic rings. The molecule has 1 aliphatic heterocycles. The molecule has 0 aromatic carbocycles. The number of guanidine groups is 1. The van der Waals surface area contributed by atoms with Crippen LogP contribution >= 0.6 is 35.3 Å². The Hall–Kier alpha value is -0.670. The van der Waals surface area contributed by atoms with Gasteiger partial charge in [-0.25, -0.2) is 18.4 Å². The van der Waals surface area contributed by atoms with Crippen molar-refractivity contribution in [2.45, 2.75) is 44.8 Å². The number of piperidine rings is 1. The highest BCUT2D eigenvalue weighted by Crippen LogP contribution is 2.28. The van der Waals surface area contributed by atoms with Crippen LogP contribution < -0.4 is 10.6 Å². The molecule has 1 saturated heterocycles. The van der Waals surface area contributed by atoms with Gasteiger partial charge in [0.1, 0.15) is 0 Å². The molecule has 0 amide bonds. The van der Waals surface area contributed by atoms with Crippen molar-refractivity contribution >= 4 is 51.3 Å². The molecule has 0 radical (unpaired) electrons. The van der Waals surface area contributed by atoms with E-state index in [4.69, 9.17) is 0 Å². The van der Waals surface area contributed by atoms with Gasteiger partial charge in [0.2, 0.25) is 0 Å². The third kappa shape index (κ3) is 6.42. The molecule has 0 aliphatic carbocycles. The van der Waals surface area contributed by atoms with Crippen LogP contribution in [0.3, 0.4) is 0 Å². The first-order valence-corrected chi connectivity index (χ1v) is 10.5. The van der Waals surface area contributed by atoms with Gasteiger partial charge < -0.3 is 10.6 Å². The van der Waals surface area contributed by atoms with E-state index in [0.29, 0.717) is 23.4 Å². The van der Waals surface area contributed by atoms with Crippen molar-refractivity contribution in [3.05, 3.63) is 16.1 Å². The average molecular weight is 541 g/mol. The van der Waals surface area contributed by atoms with Gasteiger partial charge in [0, 0.05) is 30.6 Å². The maximum absolute atomic E-state index is 12.6. The molecule has 156 valence electrons. The van der Waals surface area contributed by atoms with E-state index in [9.17, 15) is 21.6 Å². The topological polar surface area (TPSA) is 86.7 Å². The van der Waals surface area contributed by atoms with Crippen molar-refractivity contribution in [3.63, 3.8) is 0 Å². The molecule has 0 bridgehead atoms. The summed E-state index contributed by atoms with van der Waals surface area (Å²) in [6, 6.07) is -0.143. The van der Waals surface area contributed by atoms with E-state index in [2.05, 4.69) is 20.6 Å². The Labute approximate surface area is 177 Å². The molecular weight excluding hydrogens is 518 g/mol. The maximum Gasteiger partial charge on any atom is 0.511 e. The Bertz CT molecular complexity index is 731. The zero-order valence-electron chi connectivity index (χ0n) is 14.9. The van der Waals surface area contributed by atoms with Crippen molar-refractivity contribution < 1.29 is 21.6 Å². The van der Waals surface area contributed by atoms with Crippen LogP contribution in [0.1, 0.15) is 30.3 Å². The Balaban J connectivity index is 0.00000364. The molecule has 13 heteroatoms. The fraction of sp³-hybridized carbons (Fsp3) is 0.714. The van der Waals surface area contributed by atoms with Crippen molar-refractivity contribution in [1.29, 1.82) is 0 Å². The molecule has 0 unspecified atom stereocenters. The van der Waals surface area contributed by atoms with Crippen LogP contribution in [-0.2, 0) is 16.6 Å². The Morgan fingerprint density at radius 1 is 1.41 bits per heavy atom. The molecule has 0 saturated carbocycles. The van der Waals surface area contributed by atoms with Crippen LogP contribution in [-0.4, -0.2) is 54.9 Å². The second-order valence-electron chi connectivity index (χ2n) is 5.82. The van der Waals surface area contributed by atoms with E-state index in [1.54, 1.807) is 5.51 Å². The SMILES string of the molecule is CCNC(=NCc1scnc1C)NC1CCN(S(=O)(=O)C(F)(F)F)CC1.I. The van der Waals surface area contributed by atoms with Crippen LogP contribution in [0.2, 0.25) is 0 Å². The molecule has 0 spiro atoms. The summed E-state index contributed by atoms with van der Waals surface area (Å²) >= 11 is 1.51. The average Bonchev–Trinajstić information content (AvgIpc) is 2.97. The van der Waals surface area contributed by atoms with Gasteiger partial charge >= 0.3 is 15.5 Å². The lowest BCUT2D eigenvalue weighted by atomic mass is 10.1. The molecule has 1 fully saturated rings. The largest absolute Gasteiger partial charge is 0.511 e. The molecule has 2 N–H and O–H groups in total. The highest BCUT2D eigenvalue weighted by molar-refractivity contribution is 14.0. The van der Waals surface area contributed by atoms with Gasteiger partial charge in [-0.05, 0) is 26.7 Å². The molecular formula is C14H23F3IN5O2S2. The maximum atomic E-state index is 12.6. The number of thiazole rings is 1. The first-order chi connectivity index (χ1) is 12.1. The zero-order chi connectivity index (χ0) is 19.4. The number of hydrogen-bond acceptors (Lipinski definition) is 5.